The summed E-state index contributed by atoms with van der Waals surface area (Å²) < 4.78 is 10.7. The van der Waals surface area contributed by atoms with Crippen molar-refractivity contribution in [3.8, 4) is 11.5 Å². The van der Waals surface area contributed by atoms with Gasteiger partial charge in [0.05, 0.1) is 19.9 Å². The van der Waals surface area contributed by atoms with Crippen LogP contribution < -0.4 is 14.8 Å². The van der Waals surface area contributed by atoms with Crippen LogP contribution in [0.5, 0.6) is 11.5 Å². The summed E-state index contributed by atoms with van der Waals surface area (Å²) in [6.07, 6.45) is 1.49. The minimum atomic E-state index is -0.788. The van der Waals surface area contributed by atoms with E-state index in [0.717, 1.165) is 11.1 Å². The number of amides is 2. The largest absolute Gasteiger partial charge is 0.493 e. The van der Waals surface area contributed by atoms with E-state index in [1.165, 1.54) is 5.01 Å². The zero-order chi connectivity index (χ0) is 23.2. The fourth-order valence-corrected chi connectivity index (χ4v) is 3.61. The molecule has 2 amide bonds. The molecule has 0 fully saturated rings. The first kappa shape index (κ1) is 22.0. The van der Waals surface area contributed by atoms with E-state index in [4.69, 9.17) is 9.47 Å². The summed E-state index contributed by atoms with van der Waals surface area (Å²) in [6, 6.07) is 19.9. The fourth-order valence-electron chi connectivity index (χ4n) is 3.61. The second-order valence-electron chi connectivity index (χ2n) is 7.36. The van der Waals surface area contributed by atoms with Gasteiger partial charge in [0.15, 0.2) is 17.7 Å². The Kier molecular flexibility index (Phi) is 6.64. The van der Waals surface area contributed by atoms with Crippen LogP contribution in [0, 0.1) is 0 Å². The van der Waals surface area contributed by atoms with Crippen LogP contribution in [-0.2, 0) is 4.79 Å². The van der Waals surface area contributed by atoms with Gasteiger partial charge in [-0.3, -0.25) is 14.6 Å². The van der Waals surface area contributed by atoms with E-state index < -0.39 is 12.1 Å². The lowest BCUT2D eigenvalue weighted by molar-refractivity contribution is -0.134. The Balaban J connectivity index is 1.71. The van der Waals surface area contributed by atoms with E-state index in [9.17, 15) is 9.59 Å². The molecule has 0 saturated carbocycles. The third-order valence-corrected chi connectivity index (χ3v) is 5.30. The molecule has 1 atom stereocenters. The van der Waals surface area contributed by atoms with Crippen molar-refractivity contribution in [2.24, 2.45) is 5.10 Å². The number of pyridine rings is 1. The number of carbonyl (C=O) groups is 2. The average molecular weight is 444 g/mol. The maximum absolute atomic E-state index is 12.9. The van der Waals surface area contributed by atoms with Crippen LogP contribution in [-0.4, -0.2) is 41.7 Å². The molecule has 1 N–H and O–H groups in total. The number of carbonyl (C=O) groups excluding carboxylic acids is 2. The zero-order valence-corrected chi connectivity index (χ0v) is 18.4. The predicted molar refractivity (Wildman–Crippen MR) is 123 cm³/mol. The Bertz CT molecular complexity index is 1170. The lowest BCUT2D eigenvalue weighted by atomic mass is 10.0. The normalized spacial score (nSPS) is 14.3. The Morgan fingerprint density at radius 3 is 2.42 bits per heavy atom. The first-order valence-corrected chi connectivity index (χ1v) is 10.5. The summed E-state index contributed by atoms with van der Waals surface area (Å²) in [6.45, 7) is 0. The van der Waals surface area contributed by atoms with Crippen LogP contribution in [0.3, 0.4) is 0 Å². The van der Waals surface area contributed by atoms with Crippen LogP contribution >= 0.6 is 0 Å². The smallest absolute Gasteiger partial charge is 0.271 e. The monoisotopic (exact) mass is 444 g/mol. The summed E-state index contributed by atoms with van der Waals surface area (Å²) in [7, 11) is 3.14. The number of ether oxygens (including phenoxy) is 2. The standard InChI is InChI=1S/C25H24N4O4/c1-32-21-13-11-18(16-22(21)33-2)19-12-14-23(30)29(28-19)24(17-8-4-3-5-9-17)27-25(31)20-10-6-7-15-26-20/h3-11,13,15-16,24H,12,14H2,1-2H3,(H,27,31). The van der Waals surface area contributed by atoms with Crippen molar-refractivity contribution < 1.29 is 19.1 Å². The van der Waals surface area contributed by atoms with E-state index in [-0.39, 0.29) is 18.0 Å². The molecule has 2 aromatic carbocycles. The molecule has 1 aromatic heterocycles. The summed E-state index contributed by atoms with van der Waals surface area (Å²) in [4.78, 5) is 29.9. The topological polar surface area (TPSA) is 93.1 Å². The molecule has 168 valence electrons. The molecule has 8 heteroatoms. The van der Waals surface area contributed by atoms with Crippen molar-refractivity contribution >= 4 is 17.5 Å². The highest BCUT2D eigenvalue weighted by Gasteiger charge is 2.31. The maximum Gasteiger partial charge on any atom is 0.271 e. The quantitative estimate of drug-likeness (QED) is 0.602. The Morgan fingerprint density at radius 2 is 1.73 bits per heavy atom. The molecule has 3 aromatic rings. The lowest BCUT2D eigenvalue weighted by Crippen LogP contribution is -2.44. The number of rotatable bonds is 7. The second kappa shape index (κ2) is 9.95. The summed E-state index contributed by atoms with van der Waals surface area (Å²) in [5, 5.41) is 8.91. The number of methoxy groups -OCH3 is 2. The molecule has 8 nitrogen and oxygen atoms in total. The molecule has 2 heterocycles. The second-order valence-corrected chi connectivity index (χ2v) is 7.36. The third-order valence-electron chi connectivity index (χ3n) is 5.30. The number of hydrogen-bond donors (Lipinski definition) is 1. The van der Waals surface area contributed by atoms with Gasteiger partial charge in [-0.05, 0) is 35.9 Å². The number of nitrogens with zero attached hydrogens (tertiary/aromatic N) is 3. The molecule has 0 spiro atoms. The van der Waals surface area contributed by atoms with Gasteiger partial charge in [-0.25, -0.2) is 5.01 Å². The van der Waals surface area contributed by atoms with Gasteiger partial charge in [0, 0.05) is 24.6 Å². The molecule has 1 aliphatic rings. The molecule has 0 saturated heterocycles. The molecule has 0 radical (unpaired) electrons. The van der Waals surface area contributed by atoms with E-state index in [1.54, 1.807) is 44.7 Å². The lowest BCUT2D eigenvalue weighted by Gasteiger charge is -2.32. The Labute approximate surface area is 191 Å². The summed E-state index contributed by atoms with van der Waals surface area (Å²) in [5.41, 5.74) is 2.51. The molecular weight excluding hydrogens is 420 g/mol. The first-order valence-electron chi connectivity index (χ1n) is 10.5. The van der Waals surface area contributed by atoms with E-state index >= 15 is 0 Å². The molecule has 33 heavy (non-hydrogen) atoms. The van der Waals surface area contributed by atoms with E-state index in [1.807, 2.05) is 42.5 Å². The number of aromatic nitrogens is 1. The van der Waals surface area contributed by atoms with E-state index in [2.05, 4.69) is 15.4 Å². The molecule has 1 unspecified atom stereocenters. The number of nitrogens with one attached hydrogen (secondary N) is 1. The minimum Gasteiger partial charge on any atom is -0.493 e. The van der Waals surface area contributed by atoms with Crippen LogP contribution in [0.1, 0.15) is 40.6 Å². The average Bonchev–Trinajstić information content (AvgIpc) is 2.88. The number of hydrazone groups is 1. The Hall–Kier alpha value is -4.20. The van der Waals surface area contributed by atoms with Crippen molar-refractivity contribution in [2.75, 3.05) is 14.2 Å². The van der Waals surface area contributed by atoms with Crippen LogP contribution in [0.4, 0.5) is 0 Å². The van der Waals surface area contributed by atoms with Crippen molar-refractivity contribution in [1.29, 1.82) is 0 Å². The van der Waals surface area contributed by atoms with Gasteiger partial charge in [-0.2, -0.15) is 5.10 Å². The van der Waals surface area contributed by atoms with Gasteiger partial charge in [-0.15, -0.1) is 0 Å². The number of hydrogen-bond acceptors (Lipinski definition) is 6. The summed E-state index contributed by atoms with van der Waals surface area (Å²) >= 11 is 0. The summed E-state index contributed by atoms with van der Waals surface area (Å²) in [5.74, 6) is 0.597. The van der Waals surface area contributed by atoms with Gasteiger partial charge in [0.2, 0.25) is 5.91 Å². The van der Waals surface area contributed by atoms with Crippen molar-refractivity contribution in [3.05, 3.63) is 89.7 Å². The van der Waals surface area contributed by atoms with Crippen LogP contribution in [0.2, 0.25) is 0 Å². The van der Waals surface area contributed by atoms with Gasteiger partial charge < -0.3 is 14.8 Å². The molecule has 0 bridgehead atoms. The van der Waals surface area contributed by atoms with Crippen molar-refractivity contribution in [1.82, 2.24) is 15.3 Å². The van der Waals surface area contributed by atoms with Gasteiger partial charge in [0.25, 0.3) is 5.91 Å². The van der Waals surface area contributed by atoms with Gasteiger partial charge in [-0.1, -0.05) is 36.4 Å². The highest BCUT2D eigenvalue weighted by atomic mass is 16.5. The van der Waals surface area contributed by atoms with Gasteiger partial charge in [0.1, 0.15) is 5.69 Å². The highest BCUT2D eigenvalue weighted by Crippen LogP contribution is 2.30. The van der Waals surface area contributed by atoms with Gasteiger partial charge >= 0.3 is 0 Å². The van der Waals surface area contributed by atoms with Crippen LogP contribution in [0.25, 0.3) is 0 Å². The highest BCUT2D eigenvalue weighted by molar-refractivity contribution is 6.04. The Morgan fingerprint density at radius 1 is 0.970 bits per heavy atom. The molecule has 0 aliphatic carbocycles. The minimum absolute atomic E-state index is 0.186. The third kappa shape index (κ3) is 4.85. The van der Waals surface area contributed by atoms with Crippen LogP contribution in [0.15, 0.2) is 78.0 Å². The number of benzene rings is 2. The molecule has 4 rings (SSSR count). The molecular formula is C25H24N4O4. The zero-order valence-electron chi connectivity index (χ0n) is 18.4. The first-order chi connectivity index (χ1) is 16.1. The SMILES string of the molecule is COc1ccc(C2=NN(C(NC(=O)c3ccccn3)c3ccccc3)C(=O)CC2)cc1OC. The van der Waals surface area contributed by atoms with Crippen molar-refractivity contribution in [2.45, 2.75) is 19.0 Å². The molecule has 1 aliphatic heterocycles. The predicted octanol–water partition coefficient (Wildman–Crippen LogP) is 3.55. The fraction of sp³-hybridized carbons (Fsp3) is 0.200. The van der Waals surface area contributed by atoms with Crippen molar-refractivity contribution in [3.63, 3.8) is 0 Å². The van der Waals surface area contributed by atoms with E-state index in [0.29, 0.717) is 23.6 Å². The maximum atomic E-state index is 12.9.